The summed E-state index contributed by atoms with van der Waals surface area (Å²) in [5.41, 5.74) is 3.86. The summed E-state index contributed by atoms with van der Waals surface area (Å²) in [4.78, 5) is 26.0. The lowest BCUT2D eigenvalue weighted by atomic mass is 10.2. The highest BCUT2D eigenvalue weighted by atomic mass is 35.5. The number of aryl methyl sites for hydroxylation is 1. The van der Waals surface area contributed by atoms with Gasteiger partial charge in [-0.15, -0.1) is 0 Å². The van der Waals surface area contributed by atoms with Crippen molar-refractivity contribution in [2.45, 2.75) is 33.7 Å². The van der Waals surface area contributed by atoms with Crippen LogP contribution in [0.1, 0.15) is 36.8 Å². The molecule has 3 amide bonds. The number of carbonyl (C=O) groups excluding carboxylic acids is 2. The van der Waals surface area contributed by atoms with Crippen molar-refractivity contribution in [2.75, 3.05) is 4.90 Å². The minimum absolute atomic E-state index is 0.268. The van der Waals surface area contributed by atoms with E-state index in [-0.39, 0.29) is 11.6 Å². The van der Waals surface area contributed by atoms with E-state index in [0.29, 0.717) is 16.8 Å². The third kappa shape index (κ3) is 3.07. The van der Waals surface area contributed by atoms with Gasteiger partial charge in [-0.05, 0) is 69.7 Å². The van der Waals surface area contributed by atoms with Gasteiger partial charge in [0, 0.05) is 22.5 Å². The first-order valence-corrected chi connectivity index (χ1v) is 8.48. The quantitative estimate of drug-likeness (QED) is 0.652. The fourth-order valence-electron chi connectivity index (χ4n) is 3.26. The number of benzene rings is 1. The fourth-order valence-corrected chi connectivity index (χ4v) is 3.38. The lowest BCUT2D eigenvalue weighted by Crippen LogP contribution is -2.30. The highest BCUT2D eigenvalue weighted by Gasteiger charge is 2.35. The van der Waals surface area contributed by atoms with Gasteiger partial charge in [0.1, 0.15) is 5.70 Å². The first-order chi connectivity index (χ1) is 11.8. The molecule has 6 heteroatoms. The van der Waals surface area contributed by atoms with E-state index in [1.165, 1.54) is 0 Å². The average molecular weight is 358 g/mol. The van der Waals surface area contributed by atoms with Crippen molar-refractivity contribution < 1.29 is 9.59 Å². The normalized spacial score (nSPS) is 16.2. The highest BCUT2D eigenvalue weighted by Crippen LogP contribution is 2.26. The Morgan fingerprint density at radius 1 is 1.12 bits per heavy atom. The maximum atomic E-state index is 12.7. The molecular weight excluding hydrogens is 338 g/mol. The predicted octanol–water partition coefficient (Wildman–Crippen LogP) is 4.44. The lowest BCUT2D eigenvalue weighted by Gasteiger charge is -2.13. The van der Waals surface area contributed by atoms with Crippen LogP contribution in [0.5, 0.6) is 0 Å². The SMILES string of the molecule is Cc1cc(/C=C2\NC(=O)N(c3ccc(Cl)cc3)C2=O)c(C)n1C(C)C. The second-order valence-electron chi connectivity index (χ2n) is 6.40. The van der Waals surface area contributed by atoms with Gasteiger partial charge in [0.25, 0.3) is 5.91 Å². The maximum absolute atomic E-state index is 12.7. The Morgan fingerprint density at radius 3 is 2.32 bits per heavy atom. The van der Waals surface area contributed by atoms with E-state index in [2.05, 4.69) is 23.7 Å². The van der Waals surface area contributed by atoms with Crippen LogP contribution in [0.25, 0.3) is 6.08 Å². The van der Waals surface area contributed by atoms with Crippen LogP contribution in [0, 0.1) is 13.8 Å². The molecule has 0 unspecified atom stereocenters. The van der Waals surface area contributed by atoms with Gasteiger partial charge in [-0.25, -0.2) is 9.69 Å². The van der Waals surface area contributed by atoms with E-state index in [1.807, 2.05) is 19.9 Å². The van der Waals surface area contributed by atoms with Crippen LogP contribution in [-0.2, 0) is 4.79 Å². The Bertz CT molecular complexity index is 879. The fraction of sp³-hybridized carbons (Fsp3) is 0.263. The van der Waals surface area contributed by atoms with Crippen molar-refractivity contribution in [1.29, 1.82) is 0 Å². The van der Waals surface area contributed by atoms with Gasteiger partial charge in [0.2, 0.25) is 0 Å². The lowest BCUT2D eigenvalue weighted by molar-refractivity contribution is -0.113. The molecule has 1 saturated heterocycles. The third-order valence-electron chi connectivity index (χ3n) is 4.30. The average Bonchev–Trinajstić information content (AvgIpc) is 2.97. The Hall–Kier alpha value is -2.53. The van der Waals surface area contributed by atoms with E-state index in [9.17, 15) is 9.59 Å². The number of aromatic nitrogens is 1. The van der Waals surface area contributed by atoms with Crippen molar-refractivity contribution in [3.05, 3.63) is 58.0 Å². The molecule has 0 aliphatic carbocycles. The number of nitrogens with one attached hydrogen (secondary N) is 1. The molecule has 25 heavy (non-hydrogen) atoms. The zero-order chi connectivity index (χ0) is 18.3. The van der Waals surface area contributed by atoms with Gasteiger partial charge >= 0.3 is 6.03 Å². The van der Waals surface area contributed by atoms with E-state index < -0.39 is 6.03 Å². The summed E-state index contributed by atoms with van der Waals surface area (Å²) in [6.07, 6.45) is 1.73. The molecule has 3 rings (SSSR count). The number of rotatable bonds is 3. The van der Waals surface area contributed by atoms with Gasteiger partial charge in [-0.2, -0.15) is 0 Å². The molecule has 0 atom stereocenters. The number of hydrogen-bond acceptors (Lipinski definition) is 2. The molecule has 130 valence electrons. The molecule has 5 nitrogen and oxygen atoms in total. The number of anilines is 1. The van der Waals surface area contributed by atoms with Gasteiger partial charge in [-0.3, -0.25) is 4.79 Å². The summed E-state index contributed by atoms with van der Waals surface area (Å²) in [5, 5.41) is 3.21. The summed E-state index contributed by atoms with van der Waals surface area (Å²) in [6.45, 7) is 8.27. The van der Waals surface area contributed by atoms with Crippen LogP contribution < -0.4 is 10.2 Å². The molecule has 1 N–H and O–H groups in total. The van der Waals surface area contributed by atoms with Crippen molar-refractivity contribution in [3.8, 4) is 0 Å². The largest absolute Gasteiger partial charge is 0.346 e. The van der Waals surface area contributed by atoms with E-state index >= 15 is 0 Å². The Kier molecular flexibility index (Phi) is 4.43. The minimum atomic E-state index is -0.462. The summed E-state index contributed by atoms with van der Waals surface area (Å²) >= 11 is 5.87. The molecule has 1 fully saturated rings. The van der Waals surface area contributed by atoms with Crippen LogP contribution >= 0.6 is 11.6 Å². The van der Waals surface area contributed by atoms with Gasteiger partial charge in [-0.1, -0.05) is 11.6 Å². The zero-order valence-electron chi connectivity index (χ0n) is 14.6. The van der Waals surface area contributed by atoms with E-state index in [0.717, 1.165) is 21.9 Å². The Labute approximate surface area is 151 Å². The first-order valence-electron chi connectivity index (χ1n) is 8.10. The van der Waals surface area contributed by atoms with E-state index in [1.54, 1.807) is 30.3 Å². The monoisotopic (exact) mass is 357 g/mol. The Balaban J connectivity index is 1.96. The maximum Gasteiger partial charge on any atom is 0.333 e. The van der Waals surface area contributed by atoms with Crippen molar-refractivity contribution in [3.63, 3.8) is 0 Å². The van der Waals surface area contributed by atoms with Crippen LogP contribution in [0.4, 0.5) is 10.5 Å². The Morgan fingerprint density at radius 2 is 1.76 bits per heavy atom. The highest BCUT2D eigenvalue weighted by molar-refractivity contribution is 6.31. The standard InChI is InChI=1S/C19H20ClN3O2/c1-11(2)22-12(3)9-14(13(22)4)10-17-18(24)23(19(25)21-17)16-7-5-15(20)6-8-16/h5-11H,1-4H3,(H,21,25)/b17-10-. The number of nitrogens with zero attached hydrogens (tertiary/aromatic N) is 2. The number of halogens is 1. The number of imide groups is 1. The molecule has 1 aliphatic rings. The summed E-state index contributed by atoms with van der Waals surface area (Å²) < 4.78 is 2.20. The van der Waals surface area contributed by atoms with Gasteiger partial charge in [0.05, 0.1) is 5.69 Å². The second kappa shape index (κ2) is 6.41. The van der Waals surface area contributed by atoms with Gasteiger partial charge < -0.3 is 9.88 Å². The molecule has 0 radical (unpaired) electrons. The number of urea groups is 1. The van der Waals surface area contributed by atoms with Crippen LogP contribution in [0.3, 0.4) is 0 Å². The predicted molar refractivity (Wildman–Crippen MR) is 99.7 cm³/mol. The summed E-state index contributed by atoms with van der Waals surface area (Å²) in [5.74, 6) is -0.373. The molecule has 0 saturated carbocycles. The molecule has 2 aromatic rings. The molecule has 1 aliphatic heterocycles. The summed E-state index contributed by atoms with van der Waals surface area (Å²) in [7, 11) is 0. The third-order valence-corrected chi connectivity index (χ3v) is 4.55. The van der Waals surface area contributed by atoms with Crippen LogP contribution in [0.2, 0.25) is 5.02 Å². The zero-order valence-corrected chi connectivity index (χ0v) is 15.4. The molecule has 2 heterocycles. The summed E-state index contributed by atoms with van der Waals surface area (Å²) in [6, 6.07) is 8.47. The van der Waals surface area contributed by atoms with E-state index in [4.69, 9.17) is 11.6 Å². The molecule has 0 bridgehead atoms. The second-order valence-corrected chi connectivity index (χ2v) is 6.83. The topological polar surface area (TPSA) is 54.3 Å². The number of carbonyl (C=O) groups is 2. The minimum Gasteiger partial charge on any atom is -0.346 e. The number of hydrogen-bond donors (Lipinski definition) is 1. The van der Waals surface area contributed by atoms with Gasteiger partial charge in [0.15, 0.2) is 0 Å². The first kappa shape index (κ1) is 17.3. The van der Waals surface area contributed by atoms with Crippen LogP contribution in [0.15, 0.2) is 36.0 Å². The molecule has 0 spiro atoms. The smallest absolute Gasteiger partial charge is 0.333 e. The van der Waals surface area contributed by atoms with Crippen molar-refractivity contribution >= 4 is 35.3 Å². The van der Waals surface area contributed by atoms with Crippen LogP contribution in [-0.4, -0.2) is 16.5 Å². The molecule has 1 aromatic heterocycles. The molecule has 1 aromatic carbocycles. The van der Waals surface area contributed by atoms with Crippen molar-refractivity contribution in [1.82, 2.24) is 9.88 Å². The molecular formula is C19H20ClN3O2. The number of amides is 3. The van der Waals surface area contributed by atoms with Crippen molar-refractivity contribution in [2.24, 2.45) is 0 Å².